The lowest BCUT2D eigenvalue weighted by Gasteiger charge is -2.28. The van der Waals surface area contributed by atoms with Crippen LogP contribution >= 0.6 is 22.7 Å². The molecule has 4 nitrogen and oxygen atoms in total. The van der Waals surface area contributed by atoms with Crippen LogP contribution in [-0.2, 0) is 0 Å². The first-order valence-corrected chi connectivity index (χ1v) is 8.85. The highest BCUT2D eigenvalue weighted by Gasteiger charge is 2.26. The number of nitrogens with one attached hydrogen (secondary N) is 1. The van der Waals surface area contributed by atoms with Crippen molar-refractivity contribution in [3.63, 3.8) is 0 Å². The molecule has 1 fully saturated rings. The molecule has 3 rings (SSSR count). The highest BCUT2D eigenvalue weighted by molar-refractivity contribution is 7.22. The molecule has 0 aromatic carbocycles. The minimum Gasteiger partial charge on any atom is -0.391 e. The summed E-state index contributed by atoms with van der Waals surface area (Å²) < 4.78 is 0. The molecular formula is C15H18N2O2S2. The van der Waals surface area contributed by atoms with E-state index in [4.69, 9.17) is 0 Å². The van der Waals surface area contributed by atoms with Crippen molar-refractivity contribution in [1.82, 2.24) is 10.3 Å². The molecule has 21 heavy (non-hydrogen) atoms. The zero-order valence-electron chi connectivity index (χ0n) is 11.8. The first-order chi connectivity index (χ1) is 10.1. The van der Waals surface area contributed by atoms with E-state index in [9.17, 15) is 9.90 Å². The maximum absolute atomic E-state index is 12.4. The number of aliphatic hydroxyl groups is 1. The van der Waals surface area contributed by atoms with Crippen molar-refractivity contribution in [2.75, 3.05) is 0 Å². The van der Waals surface area contributed by atoms with Crippen LogP contribution in [0, 0.1) is 6.92 Å². The summed E-state index contributed by atoms with van der Waals surface area (Å²) >= 11 is 3.04. The maximum atomic E-state index is 12.4. The van der Waals surface area contributed by atoms with Gasteiger partial charge in [-0.05, 0) is 31.2 Å². The Bertz CT molecular complexity index is 622. The number of thiophene rings is 1. The highest BCUT2D eigenvalue weighted by atomic mass is 32.1. The second-order valence-electron chi connectivity index (χ2n) is 5.34. The van der Waals surface area contributed by atoms with Crippen LogP contribution in [-0.4, -0.2) is 28.1 Å². The summed E-state index contributed by atoms with van der Waals surface area (Å²) in [6.45, 7) is 1.86. The van der Waals surface area contributed by atoms with Crippen LogP contribution in [0.3, 0.4) is 0 Å². The van der Waals surface area contributed by atoms with Crippen LogP contribution in [0.5, 0.6) is 0 Å². The van der Waals surface area contributed by atoms with Gasteiger partial charge >= 0.3 is 0 Å². The third kappa shape index (κ3) is 3.17. The standard InChI is InChI=1S/C15H18N2O2S2/c1-9-13(21-15(16-9)12-7-4-8-20-12)14(19)17-10-5-2-3-6-11(10)18/h4,7-8,10-11,18H,2-3,5-6H2,1H3,(H,17,19)/t10-,11-/m1/s1. The van der Waals surface area contributed by atoms with E-state index in [1.807, 2.05) is 24.4 Å². The Hall–Kier alpha value is -1.24. The highest BCUT2D eigenvalue weighted by Crippen LogP contribution is 2.31. The maximum Gasteiger partial charge on any atom is 0.263 e. The quantitative estimate of drug-likeness (QED) is 0.912. The summed E-state index contributed by atoms with van der Waals surface area (Å²) in [7, 11) is 0. The van der Waals surface area contributed by atoms with Crippen LogP contribution in [0.1, 0.15) is 41.0 Å². The summed E-state index contributed by atoms with van der Waals surface area (Å²) in [6, 6.07) is 3.86. The number of carbonyl (C=O) groups excluding carboxylic acids is 1. The largest absolute Gasteiger partial charge is 0.391 e. The van der Waals surface area contributed by atoms with E-state index >= 15 is 0 Å². The molecule has 0 unspecified atom stereocenters. The van der Waals surface area contributed by atoms with Crippen molar-refractivity contribution in [3.8, 4) is 9.88 Å². The molecule has 0 bridgehead atoms. The molecule has 2 heterocycles. The van der Waals surface area contributed by atoms with Gasteiger partial charge in [0.2, 0.25) is 0 Å². The van der Waals surface area contributed by atoms with Gasteiger partial charge < -0.3 is 10.4 Å². The fourth-order valence-electron chi connectivity index (χ4n) is 2.63. The predicted octanol–water partition coefficient (Wildman–Crippen LogP) is 3.21. The van der Waals surface area contributed by atoms with Gasteiger partial charge in [-0.25, -0.2) is 4.98 Å². The Morgan fingerprint density at radius 2 is 2.24 bits per heavy atom. The average Bonchev–Trinajstić information content (AvgIpc) is 3.10. The number of nitrogens with zero attached hydrogens (tertiary/aromatic N) is 1. The molecular weight excluding hydrogens is 304 g/mol. The lowest BCUT2D eigenvalue weighted by molar-refractivity contribution is 0.0719. The van der Waals surface area contributed by atoms with Crippen LogP contribution in [0.4, 0.5) is 0 Å². The molecule has 2 aromatic rings. The normalized spacial score (nSPS) is 22.2. The van der Waals surface area contributed by atoms with Crippen LogP contribution in [0.25, 0.3) is 9.88 Å². The number of rotatable bonds is 3. The molecule has 2 atom stereocenters. The Balaban J connectivity index is 1.75. The lowest BCUT2D eigenvalue weighted by Crippen LogP contribution is -2.45. The minimum absolute atomic E-state index is 0.112. The number of hydrogen-bond donors (Lipinski definition) is 2. The number of amides is 1. The SMILES string of the molecule is Cc1nc(-c2cccs2)sc1C(=O)N[C@@H]1CCCC[C@H]1O. The van der Waals surface area contributed by atoms with Gasteiger partial charge in [0.15, 0.2) is 0 Å². The van der Waals surface area contributed by atoms with Crippen molar-refractivity contribution >= 4 is 28.6 Å². The summed E-state index contributed by atoms with van der Waals surface area (Å²) in [4.78, 5) is 18.6. The fourth-order valence-corrected chi connectivity index (χ4v) is 4.39. The van der Waals surface area contributed by atoms with Gasteiger partial charge in [0.05, 0.1) is 22.7 Å². The average molecular weight is 322 g/mol. The number of aryl methyl sites for hydroxylation is 1. The third-order valence-corrected chi connectivity index (χ3v) is 5.98. The van der Waals surface area contributed by atoms with Crippen molar-refractivity contribution in [2.45, 2.75) is 44.8 Å². The minimum atomic E-state index is -0.423. The molecule has 2 N–H and O–H groups in total. The van der Waals surface area contributed by atoms with Crippen molar-refractivity contribution in [1.29, 1.82) is 0 Å². The Kier molecular flexibility index (Phi) is 4.37. The summed E-state index contributed by atoms with van der Waals surface area (Å²) in [5.41, 5.74) is 0.756. The Morgan fingerprint density at radius 1 is 1.43 bits per heavy atom. The molecule has 0 spiro atoms. The summed E-state index contributed by atoms with van der Waals surface area (Å²) in [5.74, 6) is -0.112. The van der Waals surface area contributed by atoms with Crippen LogP contribution in [0.15, 0.2) is 17.5 Å². The van der Waals surface area contributed by atoms with Gasteiger partial charge in [0.1, 0.15) is 9.88 Å². The van der Waals surface area contributed by atoms with E-state index in [1.165, 1.54) is 11.3 Å². The van der Waals surface area contributed by atoms with Gasteiger partial charge in [0.25, 0.3) is 5.91 Å². The molecule has 2 aromatic heterocycles. The Morgan fingerprint density at radius 3 is 2.95 bits per heavy atom. The van der Waals surface area contributed by atoms with Crippen LogP contribution in [0.2, 0.25) is 0 Å². The van der Waals surface area contributed by atoms with Gasteiger partial charge in [-0.3, -0.25) is 4.79 Å². The predicted molar refractivity (Wildman–Crippen MR) is 85.9 cm³/mol. The second-order valence-corrected chi connectivity index (χ2v) is 7.29. The number of aliphatic hydroxyl groups excluding tert-OH is 1. The first-order valence-electron chi connectivity index (χ1n) is 7.15. The van der Waals surface area contributed by atoms with E-state index in [2.05, 4.69) is 10.3 Å². The van der Waals surface area contributed by atoms with Crippen molar-refractivity contribution in [3.05, 3.63) is 28.1 Å². The van der Waals surface area contributed by atoms with Gasteiger partial charge in [-0.2, -0.15) is 0 Å². The monoisotopic (exact) mass is 322 g/mol. The molecule has 6 heteroatoms. The first kappa shape index (κ1) is 14.7. The van der Waals surface area contributed by atoms with Gasteiger partial charge in [0, 0.05) is 0 Å². The number of hydrogen-bond acceptors (Lipinski definition) is 5. The second kappa shape index (κ2) is 6.25. The number of carbonyl (C=O) groups is 1. The van der Waals surface area contributed by atoms with E-state index < -0.39 is 6.10 Å². The molecule has 0 radical (unpaired) electrons. The molecule has 0 saturated heterocycles. The molecule has 112 valence electrons. The topological polar surface area (TPSA) is 62.2 Å². The summed E-state index contributed by atoms with van der Waals surface area (Å²) in [6.07, 6.45) is 3.29. The van der Waals surface area contributed by atoms with Crippen LogP contribution < -0.4 is 5.32 Å². The van der Waals surface area contributed by atoms with E-state index in [0.717, 1.165) is 41.3 Å². The lowest BCUT2D eigenvalue weighted by atomic mass is 9.92. The zero-order chi connectivity index (χ0) is 14.8. The van der Waals surface area contributed by atoms with E-state index in [0.29, 0.717) is 4.88 Å². The van der Waals surface area contributed by atoms with Crippen molar-refractivity contribution < 1.29 is 9.90 Å². The van der Waals surface area contributed by atoms with Gasteiger partial charge in [-0.1, -0.05) is 18.9 Å². The van der Waals surface area contributed by atoms with E-state index in [1.54, 1.807) is 11.3 Å². The number of thiazole rings is 1. The molecule has 1 amide bonds. The van der Waals surface area contributed by atoms with Crippen molar-refractivity contribution in [2.24, 2.45) is 0 Å². The molecule has 1 saturated carbocycles. The van der Waals surface area contributed by atoms with E-state index in [-0.39, 0.29) is 11.9 Å². The molecule has 1 aliphatic carbocycles. The molecule has 1 aliphatic rings. The summed E-state index contributed by atoms with van der Waals surface area (Å²) in [5, 5.41) is 15.8. The third-order valence-electron chi connectivity index (χ3n) is 3.78. The fraction of sp³-hybridized carbons (Fsp3) is 0.467. The Labute approximate surface area is 131 Å². The zero-order valence-corrected chi connectivity index (χ0v) is 13.5. The number of aromatic nitrogens is 1. The smallest absolute Gasteiger partial charge is 0.263 e. The molecule has 0 aliphatic heterocycles. The van der Waals surface area contributed by atoms with Gasteiger partial charge in [-0.15, -0.1) is 22.7 Å².